The number of hydrogen-bond acceptors (Lipinski definition) is 4. The van der Waals surface area contributed by atoms with Gasteiger partial charge in [0, 0.05) is 31.1 Å². The molecular weight excluding hydrogens is 220 g/mol. The number of rotatable bonds is 8. The summed E-state index contributed by atoms with van der Waals surface area (Å²) >= 11 is 1.75. The molecule has 0 amide bonds. The smallest absolute Gasteiger partial charge is 0.0954 e. The monoisotopic (exact) mass is 242 g/mol. The summed E-state index contributed by atoms with van der Waals surface area (Å²) in [6.45, 7) is 9.90. The Morgan fingerprint density at radius 1 is 1.50 bits per heavy atom. The van der Waals surface area contributed by atoms with E-state index in [-0.39, 0.29) is 0 Å². The molecule has 0 radical (unpaired) electrons. The van der Waals surface area contributed by atoms with Crippen LogP contribution >= 0.6 is 11.3 Å². The zero-order chi connectivity index (χ0) is 11.8. The molecule has 0 saturated heterocycles. The number of hydrogen-bond donors (Lipinski definition) is 1. The molecule has 0 aliphatic rings. The van der Waals surface area contributed by atoms with Crippen molar-refractivity contribution in [3.05, 3.63) is 16.1 Å². The lowest BCUT2D eigenvalue weighted by atomic mass is 10.2. The predicted molar refractivity (Wildman–Crippen MR) is 69.0 cm³/mol. The average Bonchev–Trinajstić information content (AvgIpc) is 2.72. The lowest BCUT2D eigenvalue weighted by molar-refractivity contribution is 0.144. The van der Waals surface area contributed by atoms with Crippen molar-refractivity contribution in [2.75, 3.05) is 19.8 Å². The number of aromatic nitrogens is 1. The van der Waals surface area contributed by atoms with Crippen LogP contribution in [0.3, 0.4) is 0 Å². The van der Waals surface area contributed by atoms with Crippen LogP contribution in [-0.2, 0) is 11.3 Å². The fourth-order valence-corrected chi connectivity index (χ4v) is 2.16. The molecule has 1 aromatic rings. The number of nitrogens with zero attached hydrogens (tertiary/aromatic N) is 1. The second-order valence-corrected chi connectivity index (χ2v) is 4.95. The molecular formula is C12H22N2OS. The van der Waals surface area contributed by atoms with E-state index < -0.39 is 0 Å². The van der Waals surface area contributed by atoms with Gasteiger partial charge in [0.05, 0.1) is 10.7 Å². The Kier molecular flexibility index (Phi) is 6.61. The summed E-state index contributed by atoms with van der Waals surface area (Å²) in [5.74, 6) is 0.539. The Bertz CT molecular complexity index is 286. The summed E-state index contributed by atoms with van der Waals surface area (Å²) in [6.07, 6.45) is 1.06. The maximum Gasteiger partial charge on any atom is 0.0954 e. The van der Waals surface area contributed by atoms with E-state index in [4.69, 9.17) is 4.74 Å². The van der Waals surface area contributed by atoms with Gasteiger partial charge in [-0.1, -0.05) is 13.8 Å². The van der Waals surface area contributed by atoms with Crippen molar-refractivity contribution in [2.24, 2.45) is 0 Å². The van der Waals surface area contributed by atoms with Crippen molar-refractivity contribution in [1.29, 1.82) is 0 Å². The summed E-state index contributed by atoms with van der Waals surface area (Å²) in [5, 5.41) is 6.75. The lowest BCUT2D eigenvalue weighted by Crippen LogP contribution is -2.16. The minimum atomic E-state index is 0.539. The maximum absolute atomic E-state index is 5.27. The van der Waals surface area contributed by atoms with Crippen molar-refractivity contribution in [2.45, 2.75) is 39.7 Å². The molecule has 1 rings (SSSR count). The Morgan fingerprint density at radius 2 is 2.31 bits per heavy atom. The topological polar surface area (TPSA) is 34.1 Å². The predicted octanol–water partition coefficient (Wildman–Crippen LogP) is 2.78. The van der Waals surface area contributed by atoms with E-state index in [0.29, 0.717) is 5.92 Å². The Balaban J connectivity index is 2.12. The van der Waals surface area contributed by atoms with Crippen molar-refractivity contribution in [3.63, 3.8) is 0 Å². The van der Waals surface area contributed by atoms with E-state index in [1.54, 1.807) is 11.3 Å². The zero-order valence-corrected chi connectivity index (χ0v) is 11.3. The molecule has 0 aliphatic carbocycles. The molecule has 92 valence electrons. The number of ether oxygens (including phenoxy) is 1. The van der Waals surface area contributed by atoms with Crippen LogP contribution in [0.25, 0.3) is 0 Å². The Labute approximate surface area is 102 Å². The van der Waals surface area contributed by atoms with Gasteiger partial charge in [0.1, 0.15) is 0 Å². The molecule has 0 aromatic carbocycles. The van der Waals surface area contributed by atoms with Gasteiger partial charge >= 0.3 is 0 Å². The maximum atomic E-state index is 5.27. The van der Waals surface area contributed by atoms with Crippen molar-refractivity contribution in [3.8, 4) is 0 Å². The number of thiazole rings is 1. The SMILES string of the molecule is CCOCCCNCc1csc(C(C)C)n1. The molecule has 1 N–H and O–H groups in total. The molecule has 0 unspecified atom stereocenters. The van der Waals surface area contributed by atoms with Gasteiger partial charge in [-0.2, -0.15) is 0 Å². The van der Waals surface area contributed by atoms with Gasteiger partial charge in [0.2, 0.25) is 0 Å². The summed E-state index contributed by atoms with van der Waals surface area (Å²) < 4.78 is 5.27. The molecule has 16 heavy (non-hydrogen) atoms. The highest BCUT2D eigenvalue weighted by molar-refractivity contribution is 7.09. The summed E-state index contributed by atoms with van der Waals surface area (Å²) in [5.41, 5.74) is 1.16. The normalized spacial score (nSPS) is 11.2. The van der Waals surface area contributed by atoms with E-state index in [1.165, 1.54) is 5.01 Å². The van der Waals surface area contributed by atoms with Gasteiger partial charge in [-0.05, 0) is 19.9 Å². The molecule has 0 aliphatic heterocycles. The summed E-state index contributed by atoms with van der Waals surface area (Å²) in [7, 11) is 0. The second-order valence-electron chi connectivity index (χ2n) is 4.06. The van der Waals surface area contributed by atoms with Crippen molar-refractivity contribution < 1.29 is 4.74 Å². The molecule has 1 aromatic heterocycles. The van der Waals surface area contributed by atoms with Crippen LogP contribution in [0.4, 0.5) is 0 Å². The van der Waals surface area contributed by atoms with E-state index >= 15 is 0 Å². The third-order valence-corrected chi connectivity index (χ3v) is 3.41. The van der Waals surface area contributed by atoms with Crippen LogP contribution in [-0.4, -0.2) is 24.7 Å². The van der Waals surface area contributed by atoms with Gasteiger partial charge in [0.15, 0.2) is 0 Å². The van der Waals surface area contributed by atoms with Gasteiger partial charge in [-0.15, -0.1) is 11.3 Å². The first-order chi connectivity index (χ1) is 7.74. The van der Waals surface area contributed by atoms with Gasteiger partial charge in [-0.25, -0.2) is 4.98 Å². The zero-order valence-electron chi connectivity index (χ0n) is 10.5. The molecule has 3 nitrogen and oxygen atoms in total. The lowest BCUT2D eigenvalue weighted by Gasteiger charge is -2.03. The van der Waals surface area contributed by atoms with Crippen molar-refractivity contribution >= 4 is 11.3 Å². The molecule has 0 saturated carbocycles. The van der Waals surface area contributed by atoms with Crippen LogP contribution in [0, 0.1) is 0 Å². The van der Waals surface area contributed by atoms with Crippen LogP contribution in [0.15, 0.2) is 5.38 Å². The highest BCUT2D eigenvalue weighted by Crippen LogP contribution is 2.18. The van der Waals surface area contributed by atoms with Crippen LogP contribution in [0.1, 0.15) is 43.8 Å². The van der Waals surface area contributed by atoms with Gasteiger partial charge < -0.3 is 10.1 Å². The van der Waals surface area contributed by atoms with Gasteiger partial charge in [-0.3, -0.25) is 0 Å². The standard InChI is InChI=1S/C12H22N2OS/c1-4-15-7-5-6-13-8-11-9-16-12(14-11)10(2)3/h9-10,13H,4-8H2,1-3H3. The van der Waals surface area contributed by atoms with E-state index in [2.05, 4.69) is 29.5 Å². The van der Waals surface area contributed by atoms with Gasteiger partial charge in [0.25, 0.3) is 0 Å². The molecule has 0 fully saturated rings. The highest BCUT2D eigenvalue weighted by atomic mass is 32.1. The van der Waals surface area contributed by atoms with E-state index in [1.807, 2.05) is 6.92 Å². The minimum absolute atomic E-state index is 0.539. The molecule has 0 spiro atoms. The van der Waals surface area contributed by atoms with Crippen molar-refractivity contribution in [1.82, 2.24) is 10.3 Å². The Hall–Kier alpha value is -0.450. The summed E-state index contributed by atoms with van der Waals surface area (Å²) in [4.78, 5) is 4.57. The van der Waals surface area contributed by atoms with Crippen LogP contribution in [0.2, 0.25) is 0 Å². The summed E-state index contributed by atoms with van der Waals surface area (Å²) in [6, 6.07) is 0. The fourth-order valence-electron chi connectivity index (χ4n) is 1.33. The first kappa shape index (κ1) is 13.6. The molecule has 0 bridgehead atoms. The average molecular weight is 242 g/mol. The fraction of sp³-hybridized carbons (Fsp3) is 0.750. The minimum Gasteiger partial charge on any atom is -0.382 e. The van der Waals surface area contributed by atoms with Crippen LogP contribution in [0.5, 0.6) is 0 Å². The number of nitrogens with one attached hydrogen (secondary N) is 1. The Morgan fingerprint density at radius 3 is 2.94 bits per heavy atom. The third kappa shape index (κ3) is 5.05. The molecule has 4 heteroatoms. The first-order valence-corrected chi connectivity index (χ1v) is 6.84. The van der Waals surface area contributed by atoms with E-state index in [0.717, 1.165) is 38.4 Å². The molecule has 0 atom stereocenters. The quantitative estimate of drug-likeness (QED) is 0.712. The third-order valence-electron chi connectivity index (χ3n) is 2.22. The first-order valence-electron chi connectivity index (χ1n) is 5.96. The van der Waals surface area contributed by atoms with Crippen LogP contribution < -0.4 is 5.32 Å². The van der Waals surface area contributed by atoms with E-state index in [9.17, 15) is 0 Å². The molecule has 1 heterocycles. The highest BCUT2D eigenvalue weighted by Gasteiger charge is 2.04. The largest absolute Gasteiger partial charge is 0.382 e. The second kappa shape index (κ2) is 7.76.